The smallest absolute Gasteiger partial charge is 0.163 e. The van der Waals surface area contributed by atoms with Crippen LogP contribution in [0.2, 0.25) is 0 Å². The van der Waals surface area contributed by atoms with Crippen molar-refractivity contribution >= 4 is 0 Å². The summed E-state index contributed by atoms with van der Waals surface area (Å²) in [6.07, 6.45) is 9.40. The van der Waals surface area contributed by atoms with Gasteiger partial charge in [-0.15, -0.1) is 0 Å². The van der Waals surface area contributed by atoms with Crippen molar-refractivity contribution in [2.24, 2.45) is 11.3 Å². The molecule has 2 heteroatoms. The molecule has 0 aromatic rings. The minimum Gasteiger partial charge on any atom is -0.352 e. The van der Waals surface area contributed by atoms with Crippen molar-refractivity contribution in [2.45, 2.75) is 59.7 Å². The summed E-state index contributed by atoms with van der Waals surface area (Å²) in [5, 5.41) is 0. The molecule has 1 unspecified atom stereocenters. The Kier molecular flexibility index (Phi) is 4.86. The lowest BCUT2D eigenvalue weighted by Crippen LogP contribution is -2.30. The first kappa shape index (κ1) is 14.8. The summed E-state index contributed by atoms with van der Waals surface area (Å²) < 4.78 is 11.3. The normalized spacial score (nSPS) is 26.9. The van der Waals surface area contributed by atoms with Gasteiger partial charge in [0.05, 0.1) is 13.2 Å². The fraction of sp³-hybridized carbons (Fsp3) is 0.765. The predicted octanol–water partition coefficient (Wildman–Crippen LogP) is 4.47. The van der Waals surface area contributed by atoms with Crippen LogP contribution in [0.3, 0.4) is 0 Å². The summed E-state index contributed by atoms with van der Waals surface area (Å²) >= 11 is 0. The Morgan fingerprint density at radius 2 is 1.89 bits per heavy atom. The van der Waals surface area contributed by atoms with Gasteiger partial charge in [-0.25, -0.2) is 0 Å². The molecule has 2 rings (SSSR count). The minimum absolute atomic E-state index is 0.0578. The van der Waals surface area contributed by atoms with E-state index in [9.17, 15) is 0 Å². The van der Waals surface area contributed by atoms with E-state index in [1.165, 1.54) is 24.8 Å². The predicted molar refractivity (Wildman–Crippen MR) is 78.9 cm³/mol. The largest absolute Gasteiger partial charge is 0.352 e. The molecule has 0 aromatic heterocycles. The van der Waals surface area contributed by atoms with E-state index in [1.54, 1.807) is 5.57 Å². The molecule has 1 saturated heterocycles. The third-order valence-electron chi connectivity index (χ3n) is 4.39. The van der Waals surface area contributed by atoms with Crippen LogP contribution in [0, 0.1) is 11.3 Å². The van der Waals surface area contributed by atoms with Gasteiger partial charge >= 0.3 is 0 Å². The highest BCUT2D eigenvalue weighted by atomic mass is 16.7. The Morgan fingerprint density at radius 1 is 1.21 bits per heavy atom. The molecule has 2 nitrogen and oxygen atoms in total. The summed E-state index contributed by atoms with van der Waals surface area (Å²) in [5.41, 5.74) is 3.37. The zero-order valence-corrected chi connectivity index (χ0v) is 12.9. The monoisotopic (exact) mass is 264 g/mol. The van der Waals surface area contributed by atoms with Crippen LogP contribution in [0.1, 0.15) is 53.4 Å². The second kappa shape index (κ2) is 6.23. The Bertz CT molecular complexity index is 359. The van der Waals surface area contributed by atoms with Gasteiger partial charge in [-0.2, -0.15) is 0 Å². The van der Waals surface area contributed by atoms with E-state index in [-0.39, 0.29) is 6.29 Å². The van der Waals surface area contributed by atoms with Crippen LogP contribution < -0.4 is 0 Å². The van der Waals surface area contributed by atoms with Crippen molar-refractivity contribution in [3.05, 3.63) is 23.3 Å². The lowest BCUT2D eigenvalue weighted by Gasteiger charge is -2.33. The molecule has 1 aliphatic carbocycles. The molecule has 0 aromatic carbocycles. The molecule has 0 spiro atoms. The standard InChI is InChI=1S/C17H28O2/c1-13-7-5-10-17(3,4)15(13)9-8-14(2)16-18-11-6-12-19-16/h8-9,14,16H,5-7,10-12H2,1-4H3/b9-8+. The summed E-state index contributed by atoms with van der Waals surface area (Å²) in [6.45, 7) is 10.8. The summed E-state index contributed by atoms with van der Waals surface area (Å²) in [6, 6.07) is 0. The van der Waals surface area contributed by atoms with Gasteiger partial charge in [-0.1, -0.05) is 38.5 Å². The van der Waals surface area contributed by atoms with Gasteiger partial charge in [0.2, 0.25) is 0 Å². The van der Waals surface area contributed by atoms with Crippen LogP contribution in [0.5, 0.6) is 0 Å². The van der Waals surface area contributed by atoms with Gasteiger partial charge in [0.15, 0.2) is 6.29 Å². The number of ether oxygens (including phenoxy) is 2. The van der Waals surface area contributed by atoms with E-state index in [0.717, 1.165) is 19.6 Å². The highest BCUT2D eigenvalue weighted by Gasteiger charge is 2.27. The van der Waals surface area contributed by atoms with Gasteiger partial charge in [-0.3, -0.25) is 0 Å². The fourth-order valence-corrected chi connectivity index (χ4v) is 3.16. The third-order valence-corrected chi connectivity index (χ3v) is 4.39. The molecule has 0 saturated carbocycles. The molecule has 0 amide bonds. The van der Waals surface area contributed by atoms with Gasteiger partial charge in [0.25, 0.3) is 0 Å². The van der Waals surface area contributed by atoms with Gasteiger partial charge in [0, 0.05) is 5.92 Å². The van der Waals surface area contributed by atoms with Crippen molar-refractivity contribution in [2.75, 3.05) is 13.2 Å². The van der Waals surface area contributed by atoms with Crippen molar-refractivity contribution in [3.63, 3.8) is 0 Å². The Balaban J connectivity index is 2.04. The summed E-state index contributed by atoms with van der Waals surface area (Å²) in [4.78, 5) is 0. The highest BCUT2D eigenvalue weighted by Crippen LogP contribution is 2.40. The second-order valence-electron chi connectivity index (χ2n) is 6.61. The molecule has 1 aliphatic heterocycles. The molecule has 1 heterocycles. The topological polar surface area (TPSA) is 18.5 Å². The second-order valence-corrected chi connectivity index (χ2v) is 6.61. The molecular weight excluding hydrogens is 236 g/mol. The molecule has 1 fully saturated rings. The average molecular weight is 264 g/mol. The van der Waals surface area contributed by atoms with E-state index in [0.29, 0.717) is 11.3 Å². The van der Waals surface area contributed by atoms with Crippen molar-refractivity contribution in [1.82, 2.24) is 0 Å². The molecule has 0 bridgehead atoms. The number of rotatable bonds is 3. The van der Waals surface area contributed by atoms with E-state index in [1.807, 2.05) is 0 Å². The molecule has 19 heavy (non-hydrogen) atoms. The van der Waals surface area contributed by atoms with Gasteiger partial charge in [0.1, 0.15) is 0 Å². The Morgan fingerprint density at radius 3 is 2.53 bits per heavy atom. The van der Waals surface area contributed by atoms with E-state index >= 15 is 0 Å². The minimum atomic E-state index is -0.0578. The lowest BCUT2D eigenvalue weighted by molar-refractivity contribution is -0.194. The third kappa shape index (κ3) is 3.70. The molecular formula is C17H28O2. The zero-order chi connectivity index (χ0) is 13.9. The zero-order valence-electron chi connectivity index (χ0n) is 12.9. The first-order chi connectivity index (χ1) is 9.00. The first-order valence-electron chi connectivity index (χ1n) is 7.62. The van der Waals surface area contributed by atoms with E-state index in [4.69, 9.17) is 9.47 Å². The number of allylic oxidation sites excluding steroid dienone is 3. The van der Waals surface area contributed by atoms with Crippen LogP contribution in [0.25, 0.3) is 0 Å². The highest BCUT2D eigenvalue weighted by molar-refractivity contribution is 5.32. The maximum Gasteiger partial charge on any atom is 0.163 e. The number of hydrogen-bond acceptors (Lipinski definition) is 2. The van der Waals surface area contributed by atoms with Crippen LogP contribution in [-0.2, 0) is 9.47 Å². The van der Waals surface area contributed by atoms with Crippen LogP contribution in [-0.4, -0.2) is 19.5 Å². The van der Waals surface area contributed by atoms with Gasteiger partial charge < -0.3 is 9.47 Å². The molecule has 0 radical (unpaired) electrons. The van der Waals surface area contributed by atoms with Crippen molar-refractivity contribution < 1.29 is 9.47 Å². The molecule has 108 valence electrons. The van der Waals surface area contributed by atoms with Crippen LogP contribution in [0.15, 0.2) is 23.3 Å². The van der Waals surface area contributed by atoms with E-state index < -0.39 is 0 Å². The SMILES string of the molecule is CC1=C(/C=C/C(C)C2OCCCO2)C(C)(C)CCC1. The molecule has 0 N–H and O–H groups in total. The Hall–Kier alpha value is -0.600. The van der Waals surface area contributed by atoms with Crippen LogP contribution in [0.4, 0.5) is 0 Å². The van der Waals surface area contributed by atoms with Crippen molar-refractivity contribution in [1.29, 1.82) is 0 Å². The Labute approximate surface area is 117 Å². The quantitative estimate of drug-likeness (QED) is 0.749. The molecule has 1 atom stereocenters. The van der Waals surface area contributed by atoms with Gasteiger partial charge in [-0.05, 0) is 43.6 Å². The van der Waals surface area contributed by atoms with Crippen molar-refractivity contribution in [3.8, 4) is 0 Å². The summed E-state index contributed by atoms with van der Waals surface area (Å²) in [5.74, 6) is 0.318. The number of hydrogen-bond donors (Lipinski definition) is 0. The van der Waals surface area contributed by atoms with Crippen LogP contribution >= 0.6 is 0 Å². The lowest BCUT2D eigenvalue weighted by atomic mass is 9.72. The van der Waals surface area contributed by atoms with E-state index in [2.05, 4.69) is 39.8 Å². The molecule has 2 aliphatic rings. The maximum atomic E-state index is 5.67. The summed E-state index contributed by atoms with van der Waals surface area (Å²) in [7, 11) is 0. The maximum absolute atomic E-state index is 5.67. The average Bonchev–Trinajstić information content (AvgIpc) is 2.38. The first-order valence-corrected chi connectivity index (χ1v) is 7.62. The fourth-order valence-electron chi connectivity index (χ4n) is 3.16.